The molecule has 3 heterocycles. The molecule has 2 unspecified atom stereocenters. The summed E-state index contributed by atoms with van der Waals surface area (Å²) in [7, 11) is 2.29. The zero-order valence-corrected chi connectivity index (χ0v) is 15.2. The zero-order chi connectivity index (χ0) is 17.1. The third kappa shape index (κ3) is 3.96. The number of aryl methyl sites for hydroxylation is 1. The molecular formula is C21H29N3O. The average molecular weight is 339 g/mol. The number of fused-ring (bicyclic) bond motifs is 1. The van der Waals surface area contributed by atoms with E-state index in [2.05, 4.69) is 58.0 Å². The monoisotopic (exact) mass is 339 g/mol. The van der Waals surface area contributed by atoms with E-state index in [0.29, 0.717) is 0 Å². The smallest absolute Gasteiger partial charge is 0.108 e. The highest BCUT2D eigenvalue weighted by Crippen LogP contribution is 2.34. The van der Waals surface area contributed by atoms with Crippen LogP contribution < -0.4 is 0 Å². The Bertz CT molecular complexity index is 675. The van der Waals surface area contributed by atoms with E-state index >= 15 is 0 Å². The van der Waals surface area contributed by atoms with E-state index in [1.807, 2.05) is 6.20 Å². The molecule has 4 heteroatoms. The van der Waals surface area contributed by atoms with Crippen molar-refractivity contribution in [3.05, 3.63) is 54.1 Å². The first-order chi connectivity index (χ1) is 12.2. The van der Waals surface area contributed by atoms with Gasteiger partial charge in [0.1, 0.15) is 5.82 Å². The van der Waals surface area contributed by atoms with Crippen LogP contribution in [-0.2, 0) is 24.1 Å². The standard InChI is InChI=1S/C21H29N3O/c1-23(14-19-7-8-20-22-10-11-24(20)15-19)16-21(9-12-25-17-21)13-18-5-3-2-4-6-18/h2-6,10-11,19H,7-9,12-17H2,1H3. The van der Waals surface area contributed by atoms with Crippen molar-refractivity contribution in [1.29, 1.82) is 0 Å². The molecule has 0 bridgehead atoms. The Morgan fingerprint density at radius 2 is 2.20 bits per heavy atom. The van der Waals surface area contributed by atoms with Crippen molar-refractivity contribution >= 4 is 0 Å². The number of benzene rings is 1. The molecule has 2 aromatic rings. The molecule has 0 saturated carbocycles. The lowest BCUT2D eigenvalue weighted by atomic mass is 9.80. The van der Waals surface area contributed by atoms with Crippen LogP contribution in [0.25, 0.3) is 0 Å². The number of nitrogens with zero attached hydrogens (tertiary/aromatic N) is 3. The van der Waals surface area contributed by atoms with Gasteiger partial charge in [-0.25, -0.2) is 4.98 Å². The first kappa shape index (κ1) is 16.8. The van der Waals surface area contributed by atoms with Crippen LogP contribution in [-0.4, -0.2) is 47.8 Å². The van der Waals surface area contributed by atoms with Crippen LogP contribution in [0.1, 0.15) is 24.2 Å². The topological polar surface area (TPSA) is 30.3 Å². The largest absolute Gasteiger partial charge is 0.381 e. The molecule has 1 fully saturated rings. The summed E-state index contributed by atoms with van der Waals surface area (Å²) in [5.74, 6) is 1.98. The van der Waals surface area contributed by atoms with Crippen molar-refractivity contribution in [3.63, 3.8) is 0 Å². The highest BCUT2D eigenvalue weighted by Gasteiger charge is 2.36. The van der Waals surface area contributed by atoms with Crippen LogP contribution in [0.3, 0.4) is 0 Å². The van der Waals surface area contributed by atoms with Crippen LogP contribution in [0.15, 0.2) is 42.7 Å². The molecule has 4 rings (SSSR count). The number of hydrogen-bond donors (Lipinski definition) is 0. The summed E-state index contributed by atoms with van der Waals surface area (Å²) in [6.45, 7) is 5.19. The Kier molecular flexibility index (Phi) is 4.91. The number of ether oxygens (including phenoxy) is 1. The van der Waals surface area contributed by atoms with E-state index in [0.717, 1.165) is 51.6 Å². The summed E-state index contributed by atoms with van der Waals surface area (Å²) in [5.41, 5.74) is 1.70. The van der Waals surface area contributed by atoms with Gasteiger partial charge in [0.25, 0.3) is 0 Å². The summed E-state index contributed by atoms with van der Waals surface area (Å²) < 4.78 is 8.15. The van der Waals surface area contributed by atoms with E-state index in [1.165, 1.54) is 24.2 Å². The Morgan fingerprint density at radius 3 is 3.00 bits per heavy atom. The minimum absolute atomic E-state index is 0.269. The summed E-state index contributed by atoms with van der Waals surface area (Å²) in [5, 5.41) is 0. The molecular weight excluding hydrogens is 310 g/mol. The molecule has 134 valence electrons. The van der Waals surface area contributed by atoms with Gasteiger partial charge < -0.3 is 14.2 Å². The maximum Gasteiger partial charge on any atom is 0.108 e. The van der Waals surface area contributed by atoms with E-state index in [9.17, 15) is 0 Å². The number of imidazole rings is 1. The van der Waals surface area contributed by atoms with E-state index in [1.54, 1.807) is 0 Å². The maximum atomic E-state index is 5.82. The highest BCUT2D eigenvalue weighted by atomic mass is 16.5. The molecule has 4 nitrogen and oxygen atoms in total. The van der Waals surface area contributed by atoms with Crippen LogP contribution in [0, 0.1) is 11.3 Å². The predicted molar refractivity (Wildman–Crippen MR) is 99.6 cm³/mol. The van der Waals surface area contributed by atoms with Crippen molar-refractivity contribution < 1.29 is 4.74 Å². The molecule has 1 saturated heterocycles. The Morgan fingerprint density at radius 1 is 1.32 bits per heavy atom. The van der Waals surface area contributed by atoms with Gasteiger partial charge >= 0.3 is 0 Å². The summed E-state index contributed by atoms with van der Waals surface area (Å²) in [6, 6.07) is 10.9. The number of aromatic nitrogens is 2. The molecule has 1 aromatic heterocycles. The fourth-order valence-corrected chi connectivity index (χ4v) is 4.66. The number of hydrogen-bond acceptors (Lipinski definition) is 3. The van der Waals surface area contributed by atoms with Crippen LogP contribution in [0.5, 0.6) is 0 Å². The van der Waals surface area contributed by atoms with Crippen molar-refractivity contribution in [2.75, 3.05) is 33.4 Å². The lowest BCUT2D eigenvalue weighted by Crippen LogP contribution is -2.41. The molecule has 2 aliphatic heterocycles. The Labute approximate surface area is 150 Å². The van der Waals surface area contributed by atoms with Gasteiger partial charge in [0.2, 0.25) is 0 Å². The van der Waals surface area contributed by atoms with Crippen LogP contribution in [0.4, 0.5) is 0 Å². The highest BCUT2D eigenvalue weighted by molar-refractivity contribution is 5.17. The second kappa shape index (κ2) is 7.30. The second-order valence-corrected chi connectivity index (χ2v) is 8.06. The van der Waals surface area contributed by atoms with Crippen LogP contribution in [0.2, 0.25) is 0 Å². The van der Waals surface area contributed by atoms with Gasteiger partial charge in [-0.3, -0.25) is 0 Å². The second-order valence-electron chi connectivity index (χ2n) is 8.06. The normalized spacial score (nSPS) is 26.1. The molecule has 0 spiro atoms. The first-order valence-corrected chi connectivity index (χ1v) is 9.53. The average Bonchev–Trinajstić information content (AvgIpc) is 3.25. The molecule has 2 aliphatic rings. The summed E-state index contributed by atoms with van der Waals surface area (Å²) in [4.78, 5) is 6.99. The van der Waals surface area contributed by atoms with Crippen molar-refractivity contribution in [2.45, 2.75) is 32.2 Å². The van der Waals surface area contributed by atoms with Gasteiger partial charge in [-0.2, -0.15) is 0 Å². The first-order valence-electron chi connectivity index (χ1n) is 9.53. The molecule has 0 N–H and O–H groups in total. The van der Waals surface area contributed by atoms with Gasteiger partial charge in [0.05, 0.1) is 6.61 Å². The third-order valence-corrected chi connectivity index (χ3v) is 5.81. The van der Waals surface area contributed by atoms with Crippen LogP contribution >= 0.6 is 0 Å². The van der Waals surface area contributed by atoms with Gasteiger partial charge in [0.15, 0.2) is 0 Å². The van der Waals surface area contributed by atoms with Crippen molar-refractivity contribution in [3.8, 4) is 0 Å². The summed E-state index contributed by atoms with van der Waals surface area (Å²) >= 11 is 0. The lowest BCUT2D eigenvalue weighted by molar-refractivity contribution is 0.109. The zero-order valence-electron chi connectivity index (χ0n) is 15.2. The quantitative estimate of drug-likeness (QED) is 0.810. The fourth-order valence-electron chi connectivity index (χ4n) is 4.66. The van der Waals surface area contributed by atoms with E-state index in [-0.39, 0.29) is 5.41 Å². The maximum absolute atomic E-state index is 5.82. The van der Waals surface area contributed by atoms with E-state index in [4.69, 9.17) is 4.74 Å². The Hall–Kier alpha value is -1.65. The molecule has 0 amide bonds. The molecule has 2 atom stereocenters. The molecule has 0 aliphatic carbocycles. The molecule has 25 heavy (non-hydrogen) atoms. The van der Waals surface area contributed by atoms with Crippen molar-refractivity contribution in [1.82, 2.24) is 14.5 Å². The van der Waals surface area contributed by atoms with Crippen molar-refractivity contribution in [2.24, 2.45) is 11.3 Å². The molecule has 0 radical (unpaired) electrons. The molecule has 1 aromatic carbocycles. The van der Waals surface area contributed by atoms with Gasteiger partial charge in [0, 0.05) is 50.5 Å². The van der Waals surface area contributed by atoms with E-state index < -0.39 is 0 Å². The third-order valence-electron chi connectivity index (χ3n) is 5.81. The predicted octanol–water partition coefficient (Wildman–Crippen LogP) is 3.03. The summed E-state index contributed by atoms with van der Waals surface area (Å²) in [6.07, 6.45) is 8.72. The van der Waals surface area contributed by atoms with Gasteiger partial charge in [-0.05, 0) is 37.8 Å². The number of rotatable bonds is 6. The Balaban J connectivity index is 1.37. The fraction of sp³-hybridized carbons (Fsp3) is 0.571. The lowest BCUT2D eigenvalue weighted by Gasteiger charge is -2.35. The van der Waals surface area contributed by atoms with Gasteiger partial charge in [-0.1, -0.05) is 30.3 Å². The minimum Gasteiger partial charge on any atom is -0.381 e. The minimum atomic E-state index is 0.269. The SMILES string of the molecule is CN(CC1CCc2nccn2C1)CC1(Cc2ccccc2)CCOC1. The van der Waals surface area contributed by atoms with Gasteiger partial charge in [-0.15, -0.1) is 0 Å².